The summed E-state index contributed by atoms with van der Waals surface area (Å²) in [6.07, 6.45) is 0.907. The van der Waals surface area contributed by atoms with Crippen molar-refractivity contribution in [1.82, 2.24) is 0 Å². The van der Waals surface area contributed by atoms with Crippen LogP contribution in [0.25, 0.3) is 0 Å². The Morgan fingerprint density at radius 1 is 0.600 bits per heavy atom. The third-order valence-corrected chi connectivity index (χ3v) is 9.47. The summed E-state index contributed by atoms with van der Waals surface area (Å²) in [5.41, 5.74) is 9.28. The van der Waals surface area contributed by atoms with Gasteiger partial charge in [0.2, 0.25) is 0 Å². The zero-order chi connectivity index (χ0) is 29.7. The lowest BCUT2D eigenvalue weighted by molar-refractivity contribution is 0.0830. The number of nitrogens with zero attached hydrogens (tertiary/aromatic N) is 2. The van der Waals surface area contributed by atoms with Crippen molar-refractivity contribution in [3.8, 4) is 11.5 Å². The Morgan fingerprint density at radius 2 is 1.24 bits per heavy atom. The molecule has 3 heterocycles. The molecule has 1 fully saturated rings. The molecule has 0 aromatic heterocycles. The van der Waals surface area contributed by atoms with Crippen LogP contribution in [0.15, 0.2) is 158 Å². The highest BCUT2D eigenvalue weighted by Gasteiger charge is 2.54. The lowest BCUT2D eigenvalue weighted by atomic mass is 9.33. The number of rotatable bonds is 5. The predicted octanol–water partition coefficient (Wildman–Crippen LogP) is 8.46. The zero-order valence-corrected chi connectivity index (χ0v) is 24.7. The highest BCUT2D eigenvalue weighted by Crippen LogP contribution is 2.47. The molecule has 3 atom stereocenters. The summed E-state index contributed by atoms with van der Waals surface area (Å²) in [6, 6.07) is 55.8. The van der Waals surface area contributed by atoms with Crippen LogP contribution in [0.3, 0.4) is 0 Å². The first-order chi connectivity index (χ1) is 22.3. The number of anilines is 5. The van der Waals surface area contributed by atoms with E-state index in [-0.39, 0.29) is 24.9 Å². The van der Waals surface area contributed by atoms with Crippen LogP contribution in [0.4, 0.5) is 28.4 Å². The Hall–Kier alpha value is -5.26. The molecule has 0 radical (unpaired) electrons. The van der Waals surface area contributed by atoms with Crippen LogP contribution in [0, 0.1) is 0 Å². The molecule has 216 valence electrons. The van der Waals surface area contributed by atoms with E-state index in [1.165, 1.54) is 27.9 Å². The van der Waals surface area contributed by atoms with Gasteiger partial charge >= 0.3 is 0 Å². The van der Waals surface area contributed by atoms with Gasteiger partial charge in [0.15, 0.2) is 0 Å². The predicted molar refractivity (Wildman–Crippen MR) is 184 cm³/mol. The molecule has 0 N–H and O–H groups in total. The summed E-state index contributed by atoms with van der Waals surface area (Å²) < 4.78 is 13.9. The van der Waals surface area contributed by atoms with Gasteiger partial charge in [0, 0.05) is 34.9 Å². The van der Waals surface area contributed by atoms with Crippen LogP contribution in [0.5, 0.6) is 11.5 Å². The fourth-order valence-corrected chi connectivity index (χ4v) is 7.59. The molecule has 3 aliphatic rings. The average Bonchev–Trinajstić information content (AvgIpc) is 3.55. The second-order valence-corrected chi connectivity index (χ2v) is 12.0. The zero-order valence-electron chi connectivity index (χ0n) is 24.7. The van der Waals surface area contributed by atoms with Crippen molar-refractivity contribution in [3.05, 3.63) is 163 Å². The lowest BCUT2D eigenvalue weighted by Gasteiger charge is -2.45. The van der Waals surface area contributed by atoms with E-state index in [2.05, 4.69) is 168 Å². The van der Waals surface area contributed by atoms with Crippen molar-refractivity contribution in [2.75, 3.05) is 9.80 Å². The van der Waals surface area contributed by atoms with Gasteiger partial charge in [0.1, 0.15) is 11.5 Å². The summed E-state index contributed by atoms with van der Waals surface area (Å²) >= 11 is 0. The number of hydrogen-bond donors (Lipinski definition) is 0. The first-order valence-corrected chi connectivity index (χ1v) is 15.7. The van der Waals surface area contributed by atoms with E-state index in [0.29, 0.717) is 0 Å². The molecule has 3 unspecified atom stereocenters. The van der Waals surface area contributed by atoms with Crippen molar-refractivity contribution >= 4 is 46.1 Å². The van der Waals surface area contributed by atoms with Crippen LogP contribution in [0.1, 0.15) is 18.1 Å². The Bertz CT molecular complexity index is 1930. The minimum atomic E-state index is -0.0659. The highest BCUT2D eigenvalue weighted by molar-refractivity contribution is 6.89. The molecule has 6 aromatic carbocycles. The van der Waals surface area contributed by atoms with Gasteiger partial charge in [0.25, 0.3) is 6.71 Å². The van der Waals surface area contributed by atoms with Crippen LogP contribution < -0.4 is 25.5 Å². The molecule has 5 heteroatoms. The first kappa shape index (κ1) is 26.2. The molecule has 0 spiro atoms. The topological polar surface area (TPSA) is 24.9 Å². The van der Waals surface area contributed by atoms with Gasteiger partial charge in [-0.15, -0.1) is 0 Å². The standard InChI is InChI=1S/C40H31BN2O2/c1-5-14-28(15-6-1)38-27-35-40(45-38)41-33-26-32(42(29-16-7-2-8-17-29)30-18-9-3-10-19-30)24-25-36(33)44-37-23-13-22-34(39(37)41)43(35)31-20-11-4-12-21-31/h1-26,35,38,40H,27H2. The molecule has 0 bridgehead atoms. The fourth-order valence-electron chi connectivity index (χ4n) is 7.59. The van der Waals surface area contributed by atoms with E-state index < -0.39 is 0 Å². The Morgan fingerprint density at radius 3 is 1.93 bits per heavy atom. The molecule has 45 heavy (non-hydrogen) atoms. The summed E-state index contributed by atoms with van der Waals surface area (Å²) in [5, 5.41) is 0. The van der Waals surface area contributed by atoms with Crippen molar-refractivity contribution in [2.24, 2.45) is 0 Å². The van der Waals surface area contributed by atoms with Gasteiger partial charge in [0.05, 0.1) is 18.1 Å². The van der Waals surface area contributed by atoms with E-state index in [1.807, 2.05) is 0 Å². The molecule has 4 nitrogen and oxygen atoms in total. The van der Waals surface area contributed by atoms with E-state index in [1.54, 1.807) is 0 Å². The molecule has 0 saturated carbocycles. The van der Waals surface area contributed by atoms with Crippen molar-refractivity contribution < 1.29 is 9.47 Å². The van der Waals surface area contributed by atoms with Gasteiger partial charge in [-0.25, -0.2) is 0 Å². The molecule has 1 saturated heterocycles. The minimum Gasteiger partial charge on any atom is -0.458 e. The second-order valence-electron chi connectivity index (χ2n) is 12.0. The fraction of sp³-hybridized carbons (Fsp3) is 0.100. The normalized spacial score (nSPS) is 19.2. The summed E-state index contributed by atoms with van der Waals surface area (Å²) in [5.74, 6) is 1.81. The maximum absolute atomic E-state index is 7.17. The first-order valence-electron chi connectivity index (χ1n) is 15.7. The van der Waals surface area contributed by atoms with E-state index in [0.717, 1.165) is 35.0 Å². The second kappa shape index (κ2) is 10.7. The minimum absolute atomic E-state index is 0.00443. The van der Waals surface area contributed by atoms with Gasteiger partial charge in [-0.3, -0.25) is 0 Å². The maximum Gasteiger partial charge on any atom is 0.256 e. The number of ether oxygens (including phenoxy) is 2. The van der Waals surface area contributed by atoms with Gasteiger partial charge in [-0.05, 0) is 83.2 Å². The monoisotopic (exact) mass is 582 g/mol. The SMILES string of the molecule is c1ccc(C2CC3C(O2)B2c4cc(N(c5ccccc5)c5ccccc5)ccc4Oc4cccc(c42)N3c2ccccc2)cc1. The summed E-state index contributed by atoms with van der Waals surface area (Å²) in [6.45, 7) is 0.0203. The van der Waals surface area contributed by atoms with Gasteiger partial charge in [-0.1, -0.05) is 91.0 Å². The molecular weight excluding hydrogens is 551 g/mol. The van der Waals surface area contributed by atoms with Gasteiger partial charge in [-0.2, -0.15) is 0 Å². The smallest absolute Gasteiger partial charge is 0.256 e. The maximum atomic E-state index is 7.17. The largest absolute Gasteiger partial charge is 0.458 e. The molecule has 9 rings (SSSR count). The number of fused-ring (bicyclic) bond motifs is 4. The number of hydrogen-bond acceptors (Lipinski definition) is 4. The third kappa shape index (κ3) is 4.34. The quantitative estimate of drug-likeness (QED) is 0.191. The Labute approximate surface area is 264 Å². The average molecular weight is 583 g/mol. The Kier molecular flexibility index (Phi) is 6.24. The van der Waals surface area contributed by atoms with Crippen LogP contribution >= 0.6 is 0 Å². The van der Waals surface area contributed by atoms with Crippen LogP contribution in [-0.2, 0) is 4.74 Å². The van der Waals surface area contributed by atoms with E-state index >= 15 is 0 Å². The summed E-state index contributed by atoms with van der Waals surface area (Å²) in [7, 11) is 0. The van der Waals surface area contributed by atoms with Crippen molar-refractivity contribution in [1.29, 1.82) is 0 Å². The van der Waals surface area contributed by atoms with Crippen molar-refractivity contribution in [2.45, 2.75) is 24.6 Å². The van der Waals surface area contributed by atoms with Crippen molar-refractivity contribution in [3.63, 3.8) is 0 Å². The third-order valence-electron chi connectivity index (χ3n) is 9.47. The molecule has 6 aromatic rings. The van der Waals surface area contributed by atoms with E-state index in [9.17, 15) is 0 Å². The molecule has 0 aliphatic carbocycles. The Balaban J connectivity index is 1.23. The van der Waals surface area contributed by atoms with Crippen LogP contribution in [0.2, 0.25) is 0 Å². The van der Waals surface area contributed by atoms with Gasteiger partial charge < -0.3 is 19.3 Å². The number of para-hydroxylation sites is 3. The molecule has 0 amide bonds. The van der Waals surface area contributed by atoms with Crippen LogP contribution in [-0.4, -0.2) is 18.8 Å². The molecular formula is C40H31BN2O2. The highest BCUT2D eigenvalue weighted by atomic mass is 16.5. The summed E-state index contributed by atoms with van der Waals surface area (Å²) in [4.78, 5) is 4.82. The van der Waals surface area contributed by atoms with E-state index in [4.69, 9.17) is 9.47 Å². The molecule has 3 aliphatic heterocycles. The lowest BCUT2D eigenvalue weighted by Crippen LogP contribution is -2.65. The number of benzene rings is 6.